The maximum atomic E-state index is 5.14. The third kappa shape index (κ3) is 7.57. The highest BCUT2D eigenvalue weighted by Gasteiger charge is 1.96. The molecule has 0 bridgehead atoms. The molecule has 0 fully saturated rings. The van der Waals surface area contributed by atoms with E-state index in [1.165, 1.54) is 5.56 Å². The monoisotopic (exact) mass is 391 g/mol. The van der Waals surface area contributed by atoms with Gasteiger partial charge >= 0.3 is 0 Å². The van der Waals surface area contributed by atoms with Gasteiger partial charge in [0.25, 0.3) is 0 Å². The van der Waals surface area contributed by atoms with Crippen LogP contribution in [-0.4, -0.2) is 32.7 Å². The quantitative estimate of drug-likeness (QED) is 0.325. The number of benzene rings is 1. The Hall–Kier alpha value is -0.980. The van der Waals surface area contributed by atoms with Crippen molar-refractivity contribution in [2.24, 2.45) is 4.99 Å². The molecule has 0 aliphatic heterocycles. The van der Waals surface area contributed by atoms with E-state index >= 15 is 0 Å². The molecule has 4 nitrogen and oxygen atoms in total. The standard InChI is InChI=1S/C15H25N3O.HI/c1-4-16-15(17-5-2)18-12-6-7-13-8-10-14(19-3)11-9-13;/h8-11H,4-7,12H2,1-3H3,(H2,16,17,18);1H. The van der Waals surface area contributed by atoms with Crippen molar-refractivity contribution < 1.29 is 4.74 Å². The number of rotatable bonds is 7. The molecule has 5 heteroatoms. The zero-order valence-corrected chi connectivity index (χ0v) is 14.9. The molecule has 1 aromatic carbocycles. The van der Waals surface area contributed by atoms with Gasteiger partial charge in [-0.05, 0) is 44.4 Å². The summed E-state index contributed by atoms with van der Waals surface area (Å²) in [6.45, 7) is 6.77. The van der Waals surface area contributed by atoms with E-state index in [0.29, 0.717) is 0 Å². The zero-order valence-electron chi connectivity index (χ0n) is 12.6. The van der Waals surface area contributed by atoms with Crippen LogP contribution < -0.4 is 15.4 Å². The molecule has 0 saturated heterocycles. The molecule has 0 aromatic heterocycles. The van der Waals surface area contributed by atoms with Gasteiger partial charge in [-0.3, -0.25) is 4.99 Å². The Bertz CT molecular complexity index is 371. The first-order chi connectivity index (χ1) is 9.30. The smallest absolute Gasteiger partial charge is 0.191 e. The number of ether oxygens (including phenoxy) is 1. The molecule has 0 radical (unpaired) electrons. The van der Waals surface area contributed by atoms with E-state index < -0.39 is 0 Å². The van der Waals surface area contributed by atoms with Crippen molar-refractivity contribution in [2.45, 2.75) is 26.7 Å². The summed E-state index contributed by atoms with van der Waals surface area (Å²) in [6, 6.07) is 8.22. The van der Waals surface area contributed by atoms with Gasteiger partial charge in [0.2, 0.25) is 0 Å². The van der Waals surface area contributed by atoms with Crippen molar-refractivity contribution in [3.05, 3.63) is 29.8 Å². The van der Waals surface area contributed by atoms with Gasteiger partial charge in [0, 0.05) is 19.6 Å². The molecule has 0 saturated carbocycles. The summed E-state index contributed by atoms with van der Waals surface area (Å²) in [6.07, 6.45) is 2.09. The van der Waals surface area contributed by atoms with Gasteiger partial charge in [0.1, 0.15) is 5.75 Å². The number of aliphatic imine (C=N–C) groups is 1. The molecule has 0 spiro atoms. The van der Waals surface area contributed by atoms with Crippen LogP contribution in [0.25, 0.3) is 0 Å². The maximum Gasteiger partial charge on any atom is 0.191 e. The summed E-state index contributed by atoms with van der Waals surface area (Å²) in [5.74, 6) is 1.81. The van der Waals surface area contributed by atoms with Gasteiger partial charge < -0.3 is 15.4 Å². The normalized spacial score (nSPS) is 9.35. The van der Waals surface area contributed by atoms with Crippen LogP contribution in [-0.2, 0) is 6.42 Å². The van der Waals surface area contributed by atoms with Crippen molar-refractivity contribution in [1.82, 2.24) is 10.6 Å². The minimum atomic E-state index is 0. The summed E-state index contributed by atoms with van der Waals surface area (Å²) in [5.41, 5.74) is 1.32. The molecule has 1 rings (SSSR count). The van der Waals surface area contributed by atoms with Crippen LogP contribution in [0.4, 0.5) is 0 Å². The second kappa shape index (κ2) is 11.8. The Kier molecular flexibility index (Phi) is 11.2. The summed E-state index contributed by atoms with van der Waals surface area (Å²) >= 11 is 0. The van der Waals surface area contributed by atoms with Gasteiger partial charge in [-0.15, -0.1) is 24.0 Å². The lowest BCUT2D eigenvalue weighted by Gasteiger charge is -2.09. The summed E-state index contributed by atoms with van der Waals surface area (Å²) in [4.78, 5) is 4.52. The van der Waals surface area contributed by atoms with Crippen LogP contribution in [0.5, 0.6) is 5.75 Å². The third-order valence-corrected chi connectivity index (χ3v) is 2.74. The molecule has 0 unspecified atom stereocenters. The van der Waals surface area contributed by atoms with Crippen molar-refractivity contribution in [3.63, 3.8) is 0 Å². The Balaban J connectivity index is 0.00000361. The number of aryl methyl sites for hydroxylation is 1. The molecule has 0 aliphatic carbocycles. The van der Waals surface area contributed by atoms with E-state index in [1.54, 1.807) is 7.11 Å². The number of nitrogens with one attached hydrogen (secondary N) is 2. The fourth-order valence-corrected chi connectivity index (χ4v) is 1.78. The highest BCUT2D eigenvalue weighted by Crippen LogP contribution is 2.12. The molecular weight excluding hydrogens is 365 g/mol. The maximum absolute atomic E-state index is 5.14. The zero-order chi connectivity index (χ0) is 13.9. The van der Waals surface area contributed by atoms with E-state index in [2.05, 4.69) is 41.6 Å². The van der Waals surface area contributed by atoms with E-state index in [9.17, 15) is 0 Å². The van der Waals surface area contributed by atoms with Crippen LogP contribution in [0.1, 0.15) is 25.8 Å². The lowest BCUT2D eigenvalue weighted by Crippen LogP contribution is -2.37. The highest BCUT2D eigenvalue weighted by atomic mass is 127. The average Bonchev–Trinajstić information content (AvgIpc) is 2.44. The molecular formula is C15H26IN3O. The number of hydrogen-bond acceptors (Lipinski definition) is 2. The van der Waals surface area contributed by atoms with Crippen LogP contribution in [0.3, 0.4) is 0 Å². The van der Waals surface area contributed by atoms with Crippen molar-refractivity contribution in [1.29, 1.82) is 0 Å². The van der Waals surface area contributed by atoms with Gasteiger partial charge in [-0.1, -0.05) is 12.1 Å². The van der Waals surface area contributed by atoms with Crippen LogP contribution in [0.15, 0.2) is 29.3 Å². The first-order valence-corrected chi connectivity index (χ1v) is 6.95. The van der Waals surface area contributed by atoms with Crippen LogP contribution in [0, 0.1) is 0 Å². The van der Waals surface area contributed by atoms with Crippen molar-refractivity contribution >= 4 is 29.9 Å². The minimum absolute atomic E-state index is 0. The van der Waals surface area contributed by atoms with E-state index in [0.717, 1.165) is 44.2 Å². The first kappa shape index (κ1) is 19.0. The fourth-order valence-electron chi connectivity index (χ4n) is 1.78. The average molecular weight is 391 g/mol. The lowest BCUT2D eigenvalue weighted by molar-refractivity contribution is 0.414. The van der Waals surface area contributed by atoms with E-state index in [4.69, 9.17) is 4.74 Å². The topological polar surface area (TPSA) is 45.7 Å². The van der Waals surface area contributed by atoms with Gasteiger partial charge in [0.05, 0.1) is 7.11 Å². The highest BCUT2D eigenvalue weighted by molar-refractivity contribution is 14.0. The Morgan fingerprint density at radius 3 is 2.20 bits per heavy atom. The first-order valence-electron chi connectivity index (χ1n) is 6.95. The summed E-state index contributed by atoms with van der Waals surface area (Å²) in [5, 5.41) is 6.44. The Labute approximate surface area is 139 Å². The second-order valence-electron chi connectivity index (χ2n) is 4.24. The van der Waals surface area contributed by atoms with E-state index in [-0.39, 0.29) is 24.0 Å². The summed E-state index contributed by atoms with van der Waals surface area (Å²) in [7, 11) is 1.69. The van der Waals surface area contributed by atoms with Crippen LogP contribution >= 0.6 is 24.0 Å². The minimum Gasteiger partial charge on any atom is -0.497 e. The number of methoxy groups -OCH3 is 1. The SMILES string of the molecule is CCNC(=NCCCc1ccc(OC)cc1)NCC.I. The van der Waals surface area contributed by atoms with Crippen molar-refractivity contribution in [2.75, 3.05) is 26.7 Å². The lowest BCUT2D eigenvalue weighted by atomic mass is 10.1. The fraction of sp³-hybridized carbons (Fsp3) is 0.533. The molecule has 0 heterocycles. The molecule has 0 atom stereocenters. The largest absolute Gasteiger partial charge is 0.497 e. The number of halogens is 1. The molecule has 114 valence electrons. The van der Waals surface area contributed by atoms with E-state index in [1.807, 2.05) is 12.1 Å². The molecule has 1 aromatic rings. The molecule has 0 aliphatic rings. The Morgan fingerprint density at radius 2 is 1.70 bits per heavy atom. The predicted molar refractivity (Wildman–Crippen MR) is 96.4 cm³/mol. The van der Waals surface area contributed by atoms with Gasteiger partial charge in [-0.25, -0.2) is 0 Å². The predicted octanol–water partition coefficient (Wildman–Crippen LogP) is 2.82. The molecule has 0 amide bonds. The van der Waals surface area contributed by atoms with Gasteiger partial charge in [-0.2, -0.15) is 0 Å². The second-order valence-corrected chi connectivity index (χ2v) is 4.24. The van der Waals surface area contributed by atoms with Crippen LogP contribution in [0.2, 0.25) is 0 Å². The third-order valence-electron chi connectivity index (χ3n) is 2.74. The summed E-state index contributed by atoms with van der Waals surface area (Å²) < 4.78 is 5.14. The number of nitrogens with zero attached hydrogens (tertiary/aromatic N) is 1. The molecule has 20 heavy (non-hydrogen) atoms. The molecule has 2 N–H and O–H groups in total. The van der Waals surface area contributed by atoms with Gasteiger partial charge in [0.15, 0.2) is 5.96 Å². The number of hydrogen-bond donors (Lipinski definition) is 2. The Morgan fingerprint density at radius 1 is 1.10 bits per heavy atom. The van der Waals surface area contributed by atoms with Crippen molar-refractivity contribution in [3.8, 4) is 5.75 Å². The number of guanidine groups is 1.